The number of ether oxygens (including phenoxy) is 1. The van der Waals surface area contributed by atoms with Crippen LogP contribution in [0.5, 0.6) is 0 Å². The van der Waals surface area contributed by atoms with Crippen LogP contribution in [0.25, 0.3) is 0 Å². The topological polar surface area (TPSA) is 76.1 Å². The van der Waals surface area contributed by atoms with E-state index < -0.39 is 0 Å². The molecular formula is C12H18N4O2. The molecule has 0 aromatic carbocycles. The van der Waals surface area contributed by atoms with Gasteiger partial charge in [0.05, 0.1) is 18.5 Å². The van der Waals surface area contributed by atoms with Crippen molar-refractivity contribution in [3.05, 3.63) is 18.1 Å². The Hall–Kier alpha value is -1.69. The maximum atomic E-state index is 11.8. The Morgan fingerprint density at radius 2 is 2.33 bits per heavy atom. The second-order valence-corrected chi connectivity index (χ2v) is 4.24. The van der Waals surface area contributed by atoms with Crippen LogP contribution >= 0.6 is 0 Å². The van der Waals surface area contributed by atoms with E-state index in [0.29, 0.717) is 18.1 Å². The molecule has 2 heterocycles. The first-order valence-electron chi connectivity index (χ1n) is 6.19. The number of amides is 1. The van der Waals surface area contributed by atoms with Crippen LogP contribution in [0.3, 0.4) is 0 Å². The summed E-state index contributed by atoms with van der Waals surface area (Å²) in [7, 11) is 1.75. The van der Waals surface area contributed by atoms with Crippen LogP contribution in [0.2, 0.25) is 0 Å². The minimum atomic E-state index is -0.209. The second-order valence-electron chi connectivity index (χ2n) is 4.24. The average Bonchev–Trinajstić information content (AvgIpc) is 2.46. The quantitative estimate of drug-likeness (QED) is 0.827. The zero-order valence-corrected chi connectivity index (χ0v) is 10.5. The first-order chi connectivity index (χ1) is 8.79. The molecular weight excluding hydrogens is 232 g/mol. The SMILES string of the molecule is CNc1cnc(C(=O)NCC2CCCCO2)cn1. The number of nitrogens with zero attached hydrogens (tertiary/aromatic N) is 2. The smallest absolute Gasteiger partial charge is 0.271 e. The van der Waals surface area contributed by atoms with Crippen LogP contribution in [-0.4, -0.2) is 42.2 Å². The van der Waals surface area contributed by atoms with Gasteiger partial charge in [-0.2, -0.15) is 0 Å². The van der Waals surface area contributed by atoms with Crippen molar-refractivity contribution in [2.75, 3.05) is 25.5 Å². The number of nitrogens with one attached hydrogen (secondary N) is 2. The maximum Gasteiger partial charge on any atom is 0.271 e. The monoisotopic (exact) mass is 250 g/mol. The van der Waals surface area contributed by atoms with Gasteiger partial charge >= 0.3 is 0 Å². The summed E-state index contributed by atoms with van der Waals surface area (Å²) >= 11 is 0. The molecule has 0 radical (unpaired) electrons. The van der Waals surface area contributed by atoms with Gasteiger partial charge in [-0.15, -0.1) is 0 Å². The van der Waals surface area contributed by atoms with Gasteiger partial charge in [-0.3, -0.25) is 4.79 Å². The molecule has 1 aliphatic heterocycles. The fourth-order valence-corrected chi connectivity index (χ4v) is 1.84. The fraction of sp³-hybridized carbons (Fsp3) is 0.583. The number of hydrogen-bond acceptors (Lipinski definition) is 5. The highest BCUT2D eigenvalue weighted by Gasteiger charge is 2.15. The largest absolute Gasteiger partial charge is 0.376 e. The standard InChI is InChI=1S/C12H18N4O2/c1-13-11-8-14-10(7-15-11)12(17)16-6-9-4-2-3-5-18-9/h7-9H,2-6H2,1H3,(H,13,15)(H,16,17). The van der Waals surface area contributed by atoms with Gasteiger partial charge in [0, 0.05) is 20.2 Å². The van der Waals surface area contributed by atoms with E-state index in [1.54, 1.807) is 7.05 Å². The molecule has 1 aromatic heterocycles. The molecule has 98 valence electrons. The predicted octanol–water partition coefficient (Wildman–Crippen LogP) is 0.817. The molecule has 1 saturated heterocycles. The van der Waals surface area contributed by atoms with Crippen LogP contribution in [-0.2, 0) is 4.74 Å². The summed E-state index contributed by atoms with van der Waals surface area (Å²) in [6.07, 6.45) is 6.41. The van der Waals surface area contributed by atoms with Crippen molar-refractivity contribution in [3.63, 3.8) is 0 Å². The highest BCUT2D eigenvalue weighted by atomic mass is 16.5. The Morgan fingerprint density at radius 1 is 1.44 bits per heavy atom. The third-order valence-corrected chi connectivity index (χ3v) is 2.90. The van der Waals surface area contributed by atoms with Crippen LogP contribution in [0, 0.1) is 0 Å². The third kappa shape index (κ3) is 3.40. The summed E-state index contributed by atoms with van der Waals surface area (Å²) in [5.41, 5.74) is 0.324. The van der Waals surface area contributed by atoms with Gasteiger partial charge in [0.2, 0.25) is 0 Å². The second kappa shape index (κ2) is 6.30. The molecule has 18 heavy (non-hydrogen) atoms. The summed E-state index contributed by atoms with van der Waals surface area (Å²) < 4.78 is 5.54. The van der Waals surface area contributed by atoms with Gasteiger partial charge in [0.25, 0.3) is 5.91 Å². The van der Waals surface area contributed by atoms with Gasteiger partial charge in [-0.05, 0) is 19.3 Å². The number of hydrogen-bond donors (Lipinski definition) is 2. The first kappa shape index (κ1) is 12.8. The van der Waals surface area contributed by atoms with Crippen molar-refractivity contribution in [2.45, 2.75) is 25.4 Å². The van der Waals surface area contributed by atoms with E-state index in [0.717, 1.165) is 25.9 Å². The molecule has 2 rings (SSSR count). The van der Waals surface area contributed by atoms with Crippen LogP contribution in [0.4, 0.5) is 5.82 Å². The molecule has 1 aromatic rings. The summed E-state index contributed by atoms with van der Waals surface area (Å²) in [5, 5.41) is 5.67. The highest BCUT2D eigenvalue weighted by Crippen LogP contribution is 2.11. The van der Waals surface area contributed by atoms with Crippen molar-refractivity contribution < 1.29 is 9.53 Å². The van der Waals surface area contributed by atoms with Gasteiger partial charge in [-0.1, -0.05) is 0 Å². The molecule has 1 aliphatic rings. The van der Waals surface area contributed by atoms with E-state index in [4.69, 9.17) is 4.74 Å². The highest BCUT2D eigenvalue weighted by molar-refractivity contribution is 5.92. The van der Waals surface area contributed by atoms with Crippen molar-refractivity contribution in [2.24, 2.45) is 0 Å². The van der Waals surface area contributed by atoms with E-state index in [9.17, 15) is 4.79 Å². The number of anilines is 1. The van der Waals surface area contributed by atoms with E-state index >= 15 is 0 Å². The van der Waals surface area contributed by atoms with Crippen LogP contribution in [0.1, 0.15) is 29.8 Å². The lowest BCUT2D eigenvalue weighted by Crippen LogP contribution is -2.35. The molecule has 6 nitrogen and oxygen atoms in total. The van der Waals surface area contributed by atoms with Gasteiger partial charge < -0.3 is 15.4 Å². The van der Waals surface area contributed by atoms with E-state index in [2.05, 4.69) is 20.6 Å². The number of aromatic nitrogens is 2. The van der Waals surface area contributed by atoms with E-state index in [1.807, 2.05) is 0 Å². The molecule has 1 atom stereocenters. The molecule has 0 bridgehead atoms. The molecule has 0 saturated carbocycles. The summed E-state index contributed by atoms with van der Waals surface area (Å²) in [6, 6.07) is 0. The minimum Gasteiger partial charge on any atom is -0.376 e. The summed E-state index contributed by atoms with van der Waals surface area (Å²) in [6.45, 7) is 1.32. The number of rotatable bonds is 4. The molecule has 1 unspecified atom stereocenters. The molecule has 0 spiro atoms. The molecule has 1 amide bonds. The molecule has 1 fully saturated rings. The average molecular weight is 250 g/mol. The minimum absolute atomic E-state index is 0.132. The van der Waals surface area contributed by atoms with Crippen molar-refractivity contribution in [3.8, 4) is 0 Å². The zero-order valence-electron chi connectivity index (χ0n) is 10.5. The van der Waals surface area contributed by atoms with E-state index in [-0.39, 0.29) is 12.0 Å². The Morgan fingerprint density at radius 3 is 2.94 bits per heavy atom. The maximum absolute atomic E-state index is 11.8. The summed E-state index contributed by atoms with van der Waals surface area (Å²) in [4.78, 5) is 19.9. The molecule has 2 N–H and O–H groups in total. The van der Waals surface area contributed by atoms with Crippen molar-refractivity contribution in [1.82, 2.24) is 15.3 Å². The lowest BCUT2D eigenvalue weighted by atomic mass is 10.1. The zero-order chi connectivity index (χ0) is 12.8. The van der Waals surface area contributed by atoms with Crippen molar-refractivity contribution in [1.29, 1.82) is 0 Å². The summed E-state index contributed by atoms with van der Waals surface area (Å²) in [5.74, 6) is 0.432. The Kier molecular flexibility index (Phi) is 4.46. The Balaban J connectivity index is 1.82. The van der Waals surface area contributed by atoms with Gasteiger partial charge in [0.1, 0.15) is 11.5 Å². The van der Waals surface area contributed by atoms with Crippen LogP contribution < -0.4 is 10.6 Å². The van der Waals surface area contributed by atoms with E-state index in [1.165, 1.54) is 12.4 Å². The first-order valence-corrected chi connectivity index (χ1v) is 6.19. The molecule has 6 heteroatoms. The van der Waals surface area contributed by atoms with Gasteiger partial charge in [0.15, 0.2) is 0 Å². The van der Waals surface area contributed by atoms with Crippen molar-refractivity contribution >= 4 is 11.7 Å². The molecule has 0 aliphatic carbocycles. The van der Waals surface area contributed by atoms with Gasteiger partial charge in [-0.25, -0.2) is 9.97 Å². The number of carbonyl (C=O) groups excluding carboxylic acids is 1. The third-order valence-electron chi connectivity index (χ3n) is 2.90. The van der Waals surface area contributed by atoms with Crippen LogP contribution in [0.15, 0.2) is 12.4 Å². The Labute approximate surface area is 106 Å². The number of carbonyl (C=O) groups is 1. The predicted molar refractivity (Wildman–Crippen MR) is 67.5 cm³/mol. The lowest BCUT2D eigenvalue weighted by Gasteiger charge is -2.22. The lowest BCUT2D eigenvalue weighted by molar-refractivity contribution is 0.0168. The Bertz CT molecular complexity index is 388. The normalized spacial score (nSPS) is 19.3. The fourth-order valence-electron chi connectivity index (χ4n) is 1.84.